The largest absolute Gasteiger partial charge is 0.371 e. The van der Waals surface area contributed by atoms with E-state index in [0.717, 1.165) is 31.7 Å². The third-order valence-corrected chi connectivity index (χ3v) is 6.37. The highest BCUT2D eigenvalue weighted by molar-refractivity contribution is 6.01. The Labute approximate surface area is 149 Å². The number of benzene rings is 1. The van der Waals surface area contributed by atoms with Gasteiger partial charge < -0.3 is 10.2 Å². The van der Waals surface area contributed by atoms with Gasteiger partial charge in [0.2, 0.25) is 11.8 Å². The van der Waals surface area contributed by atoms with Crippen LogP contribution in [0.1, 0.15) is 50.0 Å². The number of nitrogens with zero attached hydrogens (tertiary/aromatic N) is 1. The summed E-state index contributed by atoms with van der Waals surface area (Å²) in [4.78, 5) is 26.0. The van der Waals surface area contributed by atoms with Gasteiger partial charge in [-0.2, -0.15) is 0 Å². The van der Waals surface area contributed by atoms with Crippen LogP contribution in [0.15, 0.2) is 24.3 Å². The van der Waals surface area contributed by atoms with Gasteiger partial charge >= 0.3 is 0 Å². The van der Waals surface area contributed by atoms with E-state index in [9.17, 15) is 9.59 Å². The third-order valence-electron chi connectivity index (χ3n) is 6.37. The summed E-state index contributed by atoms with van der Waals surface area (Å²) in [5, 5.41) is 5.94. The van der Waals surface area contributed by atoms with E-state index in [0.29, 0.717) is 18.3 Å². The quantitative estimate of drug-likeness (QED) is 0.810. The van der Waals surface area contributed by atoms with E-state index in [4.69, 9.17) is 0 Å². The van der Waals surface area contributed by atoms with Crippen molar-refractivity contribution in [2.45, 2.75) is 44.4 Å². The highest BCUT2D eigenvalue weighted by Gasteiger charge is 2.35. The van der Waals surface area contributed by atoms with Gasteiger partial charge in [0.15, 0.2) is 0 Å². The summed E-state index contributed by atoms with van der Waals surface area (Å²) in [7, 11) is 0. The first kappa shape index (κ1) is 16.6. The molecule has 1 aromatic rings. The van der Waals surface area contributed by atoms with Crippen LogP contribution in [0.4, 0.5) is 5.69 Å². The Balaban J connectivity index is 1.45. The summed E-state index contributed by atoms with van der Waals surface area (Å²) >= 11 is 0. The fraction of sp³-hybridized carbons (Fsp3) is 0.600. The molecule has 3 fully saturated rings. The second-order valence-corrected chi connectivity index (χ2v) is 7.84. The number of hydrogen-bond donors (Lipinski definition) is 2. The lowest BCUT2D eigenvalue weighted by Crippen LogP contribution is -2.45. The van der Waals surface area contributed by atoms with Crippen LogP contribution in [0.5, 0.6) is 0 Å². The molecule has 5 nitrogen and oxygen atoms in total. The lowest BCUT2D eigenvalue weighted by Gasteiger charge is -2.45. The molecule has 25 heavy (non-hydrogen) atoms. The summed E-state index contributed by atoms with van der Waals surface area (Å²) < 4.78 is 0. The first-order chi connectivity index (χ1) is 12.2. The fourth-order valence-corrected chi connectivity index (χ4v) is 4.65. The molecule has 0 aromatic heterocycles. The number of piperidine rings is 3. The molecule has 0 bridgehead atoms. The van der Waals surface area contributed by atoms with Crippen LogP contribution in [0, 0.1) is 5.41 Å². The van der Waals surface area contributed by atoms with Crippen LogP contribution in [-0.2, 0) is 9.59 Å². The average molecular weight is 341 g/mol. The van der Waals surface area contributed by atoms with Crippen LogP contribution in [-0.4, -0.2) is 38.0 Å². The predicted molar refractivity (Wildman–Crippen MR) is 97.6 cm³/mol. The monoisotopic (exact) mass is 341 g/mol. The number of amides is 2. The molecule has 3 aliphatic rings. The minimum atomic E-state index is -0.196. The van der Waals surface area contributed by atoms with Gasteiger partial charge in [-0.1, -0.05) is 12.1 Å². The Morgan fingerprint density at radius 1 is 1.04 bits per heavy atom. The van der Waals surface area contributed by atoms with Gasteiger partial charge in [-0.3, -0.25) is 14.9 Å². The molecule has 1 unspecified atom stereocenters. The van der Waals surface area contributed by atoms with Crippen molar-refractivity contribution in [1.82, 2.24) is 10.6 Å². The van der Waals surface area contributed by atoms with Crippen LogP contribution >= 0.6 is 0 Å². The van der Waals surface area contributed by atoms with E-state index in [-0.39, 0.29) is 17.7 Å². The standard InChI is InChI=1S/C20H27N3O2/c24-18-5-4-17(19(25)22-18)15-2-1-3-16(14-15)23-12-8-20(9-13-23)6-10-21-11-7-20/h1-3,14,17,21H,4-13H2,(H,22,24,25). The van der Waals surface area contributed by atoms with Crippen molar-refractivity contribution < 1.29 is 9.59 Å². The highest BCUT2D eigenvalue weighted by Crippen LogP contribution is 2.40. The Morgan fingerprint density at radius 3 is 2.52 bits per heavy atom. The summed E-state index contributed by atoms with van der Waals surface area (Å²) in [6.45, 7) is 4.51. The number of rotatable bonds is 2. The molecule has 3 heterocycles. The van der Waals surface area contributed by atoms with E-state index >= 15 is 0 Å². The van der Waals surface area contributed by atoms with Crippen molar-refractivity contribution in [2.75, 3.05) is 31.1 Å². The van der Waals surface area contributed by atoms with Gasteiger partial charge in [-0.05, 0) is 68.3 Å². The maximum absolute atomic E-state index is 12.1. The topological polar surface area (TPSA) is 61.4 Å². The van der Waals surface area contributed by atoms with Crippen LogP contribution in [0.3, 0.4) is 0 Å². The summed E-state index contributed by atoms with van der Waals surface area (Å²) in [6.07, 6.45) is 6.17. The second kappa shape index (κ2) is 6.79. The van der Waals surface area contributed by atoms with E-state index in [1.165, 1.54) is 31.4 Å². The van der Waals surface area contributed by atoms with Gasteiger partial charge in [0.1, 0.15) is 0 Å². The zero-order chi connectivity index (χ0) is 17.3. The lowest BCUT2D eigenvalue weighted by molar-refractivity contribution is -0.134. The number of hydrogen-bond acceptors (Lipinski definition) is 4. The molecule has 2 N–H and O–H groups in total. The van der Waals surface area contributed by atoms with Gasteiger partial charge in [0.05, 0.1) is 5.92 Å². The molecule has 0 saturated carbocycles. The molecular formula is C20H27N3O2. The summed E-state index contributed by atoms with van der Waals surface area (Å²) in [6, 6.07) is 8.36. The van der Waals surface area contributed by atoms with Crippen LogP contribution in [0.25, 0.3) is 0 Å². The van der Waals surface area contributed by atoms with Crippen molar-refractivity contribution in [3.8, 4) is 0 Å². The van der Waals surface area contributed by atoms with Crippen molar-refractivity contribution in [1.29, 1.82) is 0 Å². The second-order valence-electron chi connectivity index (χ2n) is 7.84. The highest BCUT2D eigenvalue weighted by atomic mass is 16.2. The summed E-state index contributed by atoms with van der Waals surface area (Å²) in [5.74, 6) is -0.500. The SMILES string of the molecule is O=C1CCC(c2cccc(N3CCC4(CCNCC4)CC3)c2)C(=O)N1. The molecule has 1 spiro atoms. The van der Waals surface area contributed by atoms with E-state index in [1.54, 1.807) is 0 Å². The number of carbonyl (C=O) groups is 2. The molecule has 5 heteroatoms. The molecule has 1 aromatic carbocycles. The first-order valence-electron chi connectivity index (χ1n) is 9.55. The minimum Gasteiger partial charge on any atom is -0.371 e. The molecular weight excluding hydrogens is 314 g/mol. The van der Waals surface area contributed by atoms with Gasteiger partial charge in [-0.25, -0.2) is 0 Å². The minimum absolute atomic E-state index is 0.152. The fourth-order valence-electron chi connectivity index (χ4n) is 4.65. The molecule has 2 amide bonds. The molecule has 134 valence electrons. The zero-order valence-electron chi connectivity index (χ0n) is 14.7. The number of imide groups is 1. The lowest BCUT2D eigenvalue weighted by atomic mass is 9.71. The number of nitrogens with one attached hydrogen (secondary N) is 2. The van der Waals surface area contributed by atoms with E-state index in [1.807, 2.05) is 12.1 Å². The Kier molecular flexibility index (Phi) is 4.50. The molecule has 0 aliphatic carbocycles. The molecule has 1 atom stereocenters. The van der Waals surface area contributed by atoms with Crippen LogP contribution in [0.2, 0.25) is 0 Å². The molecule has 3 saturated heterocycles. The maximum atomic E-state index is 12.1. The first-order valence-corrected chi connectivity index (χ1v) is 9.55. The number of anilines is 1. The Bertz CT molecular complexity index is 657. The van der Waals surface area contributed by atoms with Gasteiger partial charge in [-0.15, -0.1) is 0 Å². The third kappa shape index (κ3) is 3.43. The Hall–Kier alpha value is -1.88. The molecule has 0 radical (unpaired) electrons. The van der Waals surface area contributed by atoms with E-state index < -0.39 is 0 Å². The van der Waals surface area contributed by atoms with Gasteiger partial charge in [0.25, 0.3) is 0 Å². The van der Waals surface area contributed by atoms with Crippen molar-refractivity contribution in [3.05, 3.63) is 29.8 Å². The van der Waals surface area contributed by atoms with Crippen molar-refractivity contribution in [2.24, 2.45) is 5.41 Å². The van der Waals surface area contributed by atoms with Gasteiger partial charge in [0, 0.05) is 25.2 Å². The molecule has 4 rings (SSSR count). The summed E-state index contributed by atoms with van der Waals surface area (Å²) in [5.41, 5.74) is 2.79. The Morgan fingerprint density at radius 2 is 1.80 bits per heavy atom. The zero-order valence-corrected chi connectivity index (χ0v) is 14.7. The van der Waals surface area contributed by atoms with E-state index in [2.05, 4.69) is 27.7 Å². The number of carbonyl (C=O) groups excluding carboxylic acids is 2. The molecule has 3 aliphatic heterocycles. The predicted octanol–water partition coefficient (Wildman–Crippen LogP) is 2.18. The van der Waals surface area contributed by atoms with Crippen molar-refractivity contribution >= 4 is 17.5 Å². The van der Waals surface area contributed by atoms with Crippen LogP contribution < -0.4 is 15.5 Å². The maximum Gasteiger partial charge on any atom is 0.234 e. The average Bonchev–Trinajstić information content (AvgIpc) is 2.63. The normalized spacial score (nSPS) is 26.6. The van der Waals surface area contributed by atoms with Crippen molar-refractivity contribution in [3.63, 3.8) is 0 Å². The smallest absolute Gasteiger partial charge is 0.234 e.